The summed E-state index contributed by atoms with van der Waals surface area (Å²) in [5.74, 6) is 2.07. The molecule has 0 aliphatic heterocycles. The van der Waals surface area contributed by atoms with Crippen molar-refractivity contribution in [1.82, 2.24) is 0 Å². The molecule has 4 rings (SSSR count). The average molecular weight is 500 g/mol. The number of anilines is 1. The van der Waals surface area contributed by atoms with Crippen LogP contribution in [0.4, 0.5) is 5.69 Å². The fourth-order valence-corrected chi connectivity index (χ4v) is 4.53. The van der Waals surface area contributed by atoms with Crippen LogP contribution in [0.1, 0.15) is 18.1 Å². The van der Waals surface area contributed by atoms with Crippen LogP contribution in [0.5, 0.6) is 11.5 Å². The van der Waals surface area contributed by atoms with Gasteiger partial charge in [-0.25, -0.2) is 0 Å². The predicted octanol–water partition coefficient (Wildman–Crippen LogP) is 7.05. The molecule has 6 heteroatoms. The second-order valence-electron chi connectivity index (χ2n) is 7.83. The molecule has 0 saturated carbocycles. The summed E-state index contributed by atoms with van der Waals surface area (Å²) < 4.78 is 6.18. The number of benzene rings is 4. The number of carbonyl (C=O) groups is 1. The summed E-state index contributed by atoms with van der Waals surface area (Å²) in [6.45, 7) is 2.14. The first-order valence-electron chi connectivity index (χ1n) is 11.2. The standard InChI is InChI=1S/C29H23ClN2O2S/c1-2-35-26-12-9-20(10-13-26)16-29(33)32-24-11-14-27(22-6-3-5-21(15-22)19-31)28(18-24)34-25-8-4-7-23(30)17-25/h3-15,17-18H,2,16H2,1H3,(H,32,33)/p+1. The zero-order valence-corrected chi connectivity index (χ0v) is 20.8. The first kappa shape index (κ1) is 24.4. The number of halogens is 1. The molecule has 0 aliphatic rings. The van der Waals surface area contributed by atoms with E-state index in [1.807, 2.05) is 48.5 Å². The molecule has 0 aliphatic carbocycles. The molecule has 0 bridgehead atoms. The molecule has 4 aromatic carbocycles. The molecular formula is C29H24ClN2O2S+. The average Bonchev–Trinajstić information content (AvgIpc) is 2.85. The van der Waals surface area contributed by atoms with Crippen LogP contribution in [0.25, 0.3) is 11.1 Å². The molecule has 0 unspecified atom stereocenters. The van der Waals surface area contributed by atoms with Gasteiger partial charge in [-0.15, -0.1) is 0 Å². The fourth-order valence-electron chi connectivity index (χ4n) is 3.63. The Morgan fingerprint density at radius 2 is 1.80 bits per heavy atom. The highest BCUT2D eigenvalue weighted by Crippen LogP contribution is 2.36. The molecule has 0 radical (unpaired) electrons. The highest BCUT2D eigenvalue weighted by molar-refractivity contribution is 7.78. The molecule has 0 heterocycles. The van der Waals surface area contributed by atoms with Gasteiger partial charge in [0.15, 0.2) is 4.90 Å². The number of rotatable bonds is 8. The van der Waals surface area contributed by atoms with Crippen molar-refractivity contribution in [1.29, 1.82) is 5.26 Å². The lowest BCUT2D eigenvalue weighted by atomic mass is 10.0. The Morgan fingerprint density at radius 3 is 2.54 bits per heavy atom. The largest absolute Gasteiger partial charge is 0.457 e. The number of hydrogen-bond acceptors (Lipinski definition) is 3. The first-order valence-corrected chi connectivity index (χ1v) is 12.6. The van der Waals surface area contributed by atoms with Crippen LogP contribution in [0.15, 0.2) is 95.9 Å². The molecule has 0 atom stereocenters. The quantitative estimate of drug-likeness (QED) is 0.209. The van der Waals surface area contributed by atoms with Crippen molar-refractivity contribution in [3.8, 4) is 28.7 Å². The van der Waals surface area contributed by atoms with Crippen molar-refractivity contribution >= 4 is 35.0 Å². The van der Waals surface area contributed by atoms with Crippen LogP contribution in [0, 0.1) is 11.3 Å². The van der Waals surface area contributed by atoms with E-state index < -0.39 is 0 Å². The van der Waals surface area contributed by atoms with Gasteiger partial charge in [0.05, 0.1) is 18.1 Å². The maximum Gasteiger partial charge on any atom is 0.228 e. The maximum absolute atomic E-state index is 12.7. The van der Waals surface area contributed by atoms with Crippen molar-refractivity contribution in [2.24, 2.45) is 0 Å². The van der Waals surface area contributed by atoms with Crippen LogP contribution >= 0.6 is 11.6 Å². The molecule has 174 valence electrons. The van der Waals surface area contributed by atoms with E-state index in [1.54, 1.807) is 30.3 Å². The SMILES string of the molecule is CC[SH+]c1ccc(CC(=O)Nc2ccc(-c3cccc(C#N)c3)c(Oc3cccc(Cl)c3)c2)cc1. The van der Waals surface area contributed by atoms with Crippen LogP contribution in [-0.2, 0) is 23.0 Å². The van der Waals surface area contributed by atoms with E-state index in [0.717, 1.165) is 22.4 Å². The van der Waals surface area contributed by atoms with Crippen LogP contribution < -0.4 is 10.1 Å². The molecular weight excluding hydrogens is 476 g/mol. The molecule has 0 spiro atoms. The monoisotopic (exact) mass is 499 g/mol. The van der Waals surface area contributed by atoms with E-state index >= 15 is 0 Å². The summed E-state index contributed by atoms with van der Waals surface area (Å²) in [6, 6.07) is 30.2. The van der Waals surface area contributed by atoms with Crippen molar-refractivity contribution < 1.29 is 9.53 Å². The number of carbonyl (C=O) groups excluding carboxylic acids is 1. The second kappa shape index (κ2) is 11.6. The predicted molar refractivity (Wildman–Crippen MR) is 144 cm³/mol. The van der Waals surface area contributed by atoms with Gasteiger partial charge < -0.3 is 10.1 Å². The Kier molecular flexibility index (Phi) is 8.10. The number of nitrogens with zero attached hydrogens (tertiary/aromatic N) is 1. The van der Waals surface area contributed by atoms with Gasteiger partial charge in [-0.2, -0.15) is 5.26 Å². The van der Waals surface area contributed by atoms with Gasteiger partial charge >= 0.3 is 0 Å². The minimum atomic E-state index is -0.112. The number of nitrogens with one attached hydrogen (secondary N) is 1. The lowest BCUT2D eigenvalue weighted by Gasteiger charge is -2.14. The third-order valence-electron chi connectivity index (χ3n) is 5.23. The van der Waals surface area contributed by atoms with Crippen LogP contribution in [0.3, 0.4) is 0 Å². The summed E-state index contributed by atoms with van der Waals surface area (Å²) in [6.07, 6.45) is 0.278. The van der Waals surface area contributed by atoms with E-state index in [2.05, 4.69) is 30.4 Å². The number of hydrogen-bond donors (Lipinski definition) is 1. The second-order valence-corrected chi connectivity index (χ2v) is 9.73. The minimum Gasteiger partial charge on any atom is -0.457 e. The normalized spacial score (nSPS) is 10.4. The molecule has 4 aromatic rings. The van der Waals surface area contributed by atoms with Gasteiger partial charge in [0.25, 0.3) is 0 Å². The smallest absolute Gasteiger partial charge is 0.228 e. The van der Waals surface area contributed by atoms with E-state index in [0.29, 0.717) is 27.8 Å². The third kappa shape index (κ3) is 6.66. The van der Waals surface area contributed by atoms with Crippen LogP contribution in [-0.4, -0.2) is 11.7 Å². The van der Waals surface area contributed by atoms with Crippen molar-refractivity contribution in [3.63, 3.8) is 0 Å². The molecule has 0 aromatic heterocycles. The van der Waals surface area contributed by atoms with Gasteiger partial charge in [-0.3, -0.25) is 4.79 Å². The van der Waals surface area contributed by atoms with Gasteiger partial charge in [0.2, 0.25) is 5.91 Å². The summed E-state index contributed by atoms with van der Waals surface area (Å²) in [5, 5.41) is 12.8. The summed E-state index contributed by atoms with van der Waals surface area (Å²) in [7, 11) is 0. The minimum absolute atomic E-state index is 0.112. The van der Waals surface area contributed by atoms with Crippen molar-refractivity contribution in [3.05, 3.63) is 107 Å². The van der Waals surface area contributed by atoms with Crippen LogP contribution in [0.2, 0.25) is 5.02 Å². The van der Waals surface area contributed by atoms with Gasteiger partial charge in [0, 0.05) is 34.1 Å². The Hall–Kier alpha value is -3.72. The van der Waals surface area contributed by atoms with Gasteiger partial charge in [-0.1, -0.05) is 41.9 Å². The lowest BCUT2D eigenvalue weighted by Crippen LogP contribution is -2.14. The molecule has 4 nitrogen and oxygen atoms in total. The number of amides is 1. The summed E-state index contributed by atoms with van der Waals surface area (Å²) in [5.41, 5.74) is 3.76. The van der Waals surface area contributed by atoms with E-state index in [-0.39, 0.29) is 12.3 Å². The zero-order chi connectivity index (χ0) is 24.6. The Morgan fingerprint density at radius 1 is 1.00 bits per heavy atom. The molecule has 0 fully saturated rings. The van der Waals surface area contributed by atoms with Crippen molar-refractivity contribution in [2.45, 2.75) is 18.2 Å². The summed E-state index contributed by atoms with van der Waals surface area (Å²) in [4.78, 5) is 14.0. The molecule has 1 amide bonds. The fraction of sp³-hybridized carbons (Fsp3) is 0.103. The summed E-state index contributed by atoms with van der Waals surface area (Å²) >= 11 is 7.42. The maximum atomic E-state index is 12.7. The van der Waals surface area contributed by atoms with Crippen molar-refractivity contribution in [2.75, 3.05) is 11.1 Å². The third-order valence-corrected chi connectivity index (χ3v) is 6.45. The van der Waals surface area contributed by atoms with Gasteiger partial charge in [-0.05, 0) is 72.6 Å². The highest BCUT2D eigenvalue weighted by Gasteiger charge is 2.13. The Bertz CT molecular complexity index is 1380. The Balaban J connectivity index is 1.59. The topological polar surface area (TPSA) is 62.1 Å². The number of ether oxygens (including phenoxy) is 1. The zero-order valence-electron chi connectivity index (χ0n) is 19.2. The first-order chi connectivity index (χ1) is 17.0. The van der Waals surface area contributed by atoms with E-state index in [9.17, 15) is 10.1 Å². The van der Waals surface area contributed by atoms with E-state index in [1.165, 1.54) is 16.7 Å². The van der Waals surface area contributed by atoms with Gasteiger partial charge in [0.1, 0.15) is 17.3 Å². The number of nitriles is 1. The highest BCUT2D eigenvalue weighted by atomic mass is 35.5. The molecule has 1 N–H and O–H groups in total. The molecule has 0 saturated heterocycles. The van der Waals surface area contributed by atoms with E-state index in [4.69, 9.17) is 16.3 Å². The number of thiol groups is 1. The molecule has 35 heavy (non-hydrogen) atoms. The lowest BCUT2D eigenvalue weighted by molar-refractivity contribution is -0.115. The Labute approximate surface area is 214 Å².